The molecule has 0 heterocycles. The van der Waals surface area contributed by atoms with Crippen molar-refractivity contribution in [2.75, 3.05) is 13.6 Å². The zero-order valence-corrected chi connectivity index (χ0v) is 7.02. The Morgan fingerprint density at radius 2 is 2.20 bits per heavy atom. The maximum atomic E-state index is 12.4. The summed E-state index contributed by atoms with van der Waals surface area (Å²) in [5.41, 5.74) is 0.990. The fraction of sp³-hybridized carbons (Fsp3) is 0.750. The van der Waals surface area contributed by atoms with E-state index in [9.17, 15) is 4.39 Å². The van der Waals surface area contributed by atoms with Gasteiger partial charge in [0.2, 0.25) is 0 Å². The Morgan fingerprint density at radius 1 is 1.70 bits per heavy atom. The molecule has 0 bridgehead atoms. The standard InChI is InChI=1S/C8H16FN/c1-5-8(3)10(4)6-7(2)9/h7H,3,5-6H2,1-2,4H3. The van der Waals surface area contributed by atoms with Gasteiger partial charge in [-0.05, 0) is 13.3 Å². The van der Waals surface area contributed by atoms with Crippen LogP contribution in [0.3, 0.4) is 0 Å². The molecule has 2 heteroatoms. The number of allylic oxidation sites excluding steroid dienone is 1. The molecular weight excluding hydrogens is 129 g/mol. The van der Waals surface area contributed by atoms with E-state index >= 15 is 0 Å². The van der Waals surface area contributed by atoms with E-state index < -0.39 is 6.17 Å². The number of hydrogen-bond donors (Lipinski definition) is 0. The van der Waals surface area contributed by atoms with Crippen LogP contribution in [0.2, 0.25) is 0 Å². The Kier molecular flexibility index (Phi) is 4.08. The Balaban J connectivity index is 3.61. The quantitative estimate of drug-likeness (QED) is 0.586. The summed E-state index contributed by atoms with van der Waals surface area (Å²) in [7, 11) is 1.86. The molecule has 0 N–H and O–H groups in total. The first-order chi connectivity index (χ1) is 4.57. The molecule has 1 nitrogen and oxygen atoms in total. The van der Waals surface area contributed by atoms with Crippen LogP contribution in [0.5, 0.6) is 0 Å². The second-order valence-corrected chi connectivity index (χ2v) is 2.58. The van der Waals surface area contributed by atoms with Crippen molar-refractivity contribution in [3.05, 3.63) is 12.3 Å². The van der Waals surface area contributed by atoms with Gasteiger partial charge >= 0.3 is 0 Å². The predicted molar refractivity (Wildman–Crippen MR) is 42.6 cm³/mol. The van der Waals surface area contributed by atoms with Crippen molar-refractivity contribution in [2.24, 2.45) is 0 Å². The average Bonchev–Trinajstić information content (AvgIpc) is 1.85. The highest BCUT2D eigenvalue weighted by molar-refractivity contribution is 4.90. The molecule has 0 aromatic rings. The van der Waals surface area contributed by atoms with Crippen LogP contribution in [-0.2, 0) is 0 Å². The minimum atomic E-state index is -0.770. The van der Waals surface area contributed by atoms with Crippen LogP contribution in [0, 0.1) is 0 Å². The van der Waals surface area contributed by atoms with Crippen LogP contribution in [0.25, 0.3) is 0 Å². The summed E-state index contributed by atoms with van der Waals surface area (Å²) < 4.78 is 12.4. The summed E-state index contributed by atoms with van der Waals surface area (Å²) in [6.07, 6.45) is 0.122. The average molecular weight is 145 g/mol. The lowest BCUT2D eigenvalue weighted by molar-refractivity contribution is 0.266. The van der Waals surface area contributed by atoms with Gasteiger partial charge in [-0.15, -0.1) is 0 Å². The summed E-state index contributed by atoms with van der Waals surface area (Å²) in [5.74, 6) is 0. The molecule has 0 fully saturated rings. The van der Waals surface area contributed by atoms with Crippen LogP contribution in [0.15, 0.2) is 12.3 Å². The van der Waals surface area contributed by atoms with Crippen LogP contribution < -0.4 is 0 Å². The molecule has 1 atom stereocenters. The third-order valence-electron chi connectivity index (χ3n) is 1.47. The van der Waals surface area contributed by atoms with Crippen molar-refractivity contribution in [1.29, 1.82) is 0 Å². The summed E-state index contributed by atoms with van der Waals surface area (Å²) in [6, 6.07) is 0. The molecule has 0 amide bonds. The van der Waals surface area contributed by atoms with Gasteiger partial charge in [-0.3, -0.25) is 0 Å². The van der Waals surface area contributed by atoms with E-state index in [2.05, 4.69) is 6.58 Å². The molecule has 0 aromatic carbocycles. The molecule has 0 radical (unpaired) electrons. The van der Waals surface area contributed by atoms with Gasteiger partial charge in [0.05, 0.1) is 0 Å². The van der Waals surface area contributed by atoms with E-state index in [0.717, 1.165) is 12.1 Å². The summed E-state index contributed by atoms with van der Waals surface area (Å²) in [4.78, 5) is 1.85. The second kappa shape index (κ2) is 4.31. The van der Waals surface area contributed by atoms with E-state index in [4.69, 9.17) is 0 Å². The fourth-order valence-electron chi connectivity index (χ4n) is 0.776. The zero-order valence-electron chi connectivity index (χ0n) is 7.02. The Bertz CT molecular complexity index is 110. The van der Waals surface area contributed by atoms with Gasteiger partial charge in [0.15, 0.2) is 0 Å². The van der Waals surface area contributed by atoms with Gasteiger partial charge in [-0.25, -0.2) is 4.39 Å². The van der Waals surface area contributed by atoms with Crippen LogP contribution >= 0.6 is 0 Å². The van der Waals surface area contributed by atoms with E-state index in [1.807, 2.05) is 18.9 Å². The monoisotopic (exact) mass is 145 g/mol. The third kappa shape index (κ3) is 3.49. The van der Waals surface area contributed by atoms with Crippen LogP contribution in [0.4, 0.5) is 4.39 Å². The lowest BCUT2D eigenvalue weighted by Crippen LogP contribution is -2.23. The molecule has 0 aromatic heterocycles. The van der Waals surface area contributed by atoms with Crippen molar-refractivity contribution in [3.63, 3.8) is 0 Å². The molecule has 10 heavy (non-hydrogen) atoms. The highest BCUT2D eigenvalue weighted by Gasteiger charge is 2.03. The van der Waals surface area contributed by atoms with Gasteiger partial charge < -0.3 is 4.90 Å². The molecular formula is C8H16FN. The Morgan fingerprint density at radius 3 is 2.50 bits per heavy atom. The molecule has 0 aliphatic heterocycles. The zero-order chi connectivity index (χ0) is 8.15. The topological polar surface area (TPSA) is 3.24 Å². The maximum absolute atomic E-state index is 12.4. The van der Waals surface area contributed by atoms with E-state index in [0.29, 0.717) is 6.54 Å². The number of rotatable bonds is 4. The van der Waals surface area contributed by atoms with E-state index in [-0.39, 0.29) is 0 Å². The highest BCUT2D eigenvalue weighted by Crippen LogP contribution is 2.04. The first-order valence-electron chi connectivity index (χ1n) is 3.61. The SMILES string of the molecule is C=C(CC)N(C)CC(C)F. The minimum absolute atomic E-state index is 0.451. The number of halogens is 1. The molecule has 0 aliphatic rings. The Hall–Kier alpha value is -0.530. The Labute approximate surface area is 62.5 Å². The molecule has 0 rings (SSSR count). The van der Waals surface area contributed by atoms with Crippen LogP contribution in [0.1, 0.15) is 20.3 Å². The molecule has 60 valence electrons. The molecule has 0 spiro atoms. The first-order valence-corrected chi connectivity index (χ1v) is 3.61. The number of alkyl halides is 1. The van der Waals surface area contributed by atoms with Crippen molar-refractivity contribution >= 4 is 0 Å². The van der Waals surface area contributed by atoms with Gasteiger partial charge in [0.1, 0.15) is 6.17 Å². The van der Waals surface area contributed by atoms with Crippen molar-refractivity contribution < 1.29 is 4.39 Å². The normalized spacial score (nSPS) is 12.8. The summed E-state index contributed by atoms with van der Waals surface area (Å²) in [6.45, 7) is 7.81. The lowest BCUT2D eigenvalue weighted by atomic mass is 10.3. The van der Waals surface area contributed by atoms with Crippen molar-refractivity contribution in [2.45, 2.75) is 26.4 Å². The van der Waals surface area contributed by atoms with Crippen molar-refractivity contribution in [3.8, 4) is 0 Å². The summed E-state index contributed by atoms with van der Waals surface area (Å²) in [5, 5.41) is 0. The first kappa shape index (κ1) is 9.47. The third-order valence-corrected chi connectivity index (χ3v) is 1.47. The molecule has 0 saturated heterocycles. The molecule has 1 unspecified atom stereocenters. The second-order valence-electron chi connectivity index (χ2n) is 2.58. The molecule has 0 saturated carbocycles. The highest BCUT2D eigenvalue weighted by atomic mass is 19.1. The minimum Gasteiger partial charge on any atom is -0.375 e. The number of nitrogens with zero attached hydrogens (tertiary/aromatic N) is 1. The van der Waals surface area contributed by atoms with Gasteiger partial charge in [0.25, 0.3) is 0 Å². The predicted octanol–water partition coefficient (Wildman–Crippen LogP) is 2.20. The molecule has 0 aliphatic carbocycles. The number of hydrogen-bond acceptors (Lipinski definition) is 1. The smallest absolute Gasteiger partial charge is 0.115 e. The van der Waals surface area contributed by atoms with E-state index in [1.165, 1.54) is 0 Å². The van der Waals surface area contributed by atoms with Crippen molar-refractivity contribution in [1.82, 2.24) is 4.90 Å². The van der Waals surface area contributed by atoms with Gasteiger partial charge in [-0.2, -0.15) is 0 Å². The lowest BCUT2D eigenvalue weighted by Gasteiger charge is -2.20. The maximum Gasteiger partial charge on any atom is 0.115 e. The fourth-order valence-corrected chi connectivity index (χ4v) is 0.776. The van der Waals surface area contributed by atoms with Gasteiger partial charge in [0, 0.05) is 19.3 Å². The summed E-state index contributed by atoms with van der Waals surface area (Å²) >= 11 is 0. The largest absolute Gasteiger partial charge is 0.375 e. The van der Waals surface area contributed by atoms with E-state index in [1.54, 1.807) is 6.92 Å². The van der Waals surface area contributed by atoms with Crippen LogP contribution in [-0.4, -0.2) is 24.7 Å². The van der Waals surface area contributed by atoms with Gasteiger partial charge in [-0.1, -0.05) is 13.5 Å².